The Kier molecular flexibility index (Phi) is 6.59. The minimum atomic E-state index is -0.735. The molecular weight excluding hydrogens is 464 g/mol. The lowest BCUT2D eigenvalue weighted by atomic mass is 10.1. The largest absolute Gasteiger partial charge is 0.480 e. The number of rotatable bonds is 8. The number of nitro groups is 1. The van der Waals surface area contributed by atoms with Crippen molar-refractivity contribution in [2.75, 3.05) is 5.32 Å². The average molecular weight is 489 g/mol. The van der Waals surface area contributed by atoms with Gasteiger partial charge in [0.15, 0.2) is 5.75 Å². The topological polar surface area (TPSA) is 164 Å². The van der Waals surface area contributed by atoms with Crippen LogP contribution in [0.5, 0.6) is 5.75 Å². The van der Waals surface area contributed by atoms with Gasteiger partial charge in [-0.1, -0.05) is 6.07 Å². The molecule has 12 nitrogen and oxygen atoms in total. The van der Waals surface area contributed by atoms with E-state index in [4.69, 9.17) is 10.5 Å². The lowest BCUT2D eigenvalue weighted by molar-refractivity contribution is -0.385. The Morgan fingerprint density at radius 3 is 2.58 bits per heavy atom. The van der Waals surface area contributed by atoms with Gasteiger partial charge in [0, 0.05) is 30.2 Å². The zero-order chi connectivity index (χ0) is 25.9. The molecule has 4 rings (SSSR count). The molecule has 3 heterocycles. The van der Waals surface area contributed by atoms with Gasteiger partial charge in [-0.2, -0.15) is 5.10 Å². The molecule has 12 heteroatoms. The summed E-state index contributed by atoms with van der Waals surface area (Å²) in [6.07, 6.45) is 6.13. The quantitative estimate of drug-likeness (QED) is 0.277. The molecule has 0 bridgehead atoms. The number of nitrogens with two attached hydrogens (primary N) is 1. The number of carbonyl (C=O) groups is 1. The van der Waals surface area contributed by atoms with Crippen molar-refractivity contribution in [2.45, 2.75) is 32.9 Å². The summed E-state index contributed by atoms with van der Waals surface area (Å²) in [7, 11) is 0. The van der Waals surface area contributed by atoms with Crippen LogP contribution in [0.1, 0.15) is 36.8 Å². The van der Waals surface area contributed by atoms with E-state index in [-0.39, 0.29) is 29.3 Å². The maximum atomic E-state index is 12.7. The molecule has 0 spiro atoms. The zero-order valence-electron chi connectivity index (χ0n) is 19.9. The zero-order valence-corrected chi connectivity index (χ0v) is 19.9. The number of nitrogens with zero attached hydrogens (tertiary/aromatic N) is 6. The molecule has 0 unspecified atom stereocenters. The van der Waals surface area contributed by atoms with Crippen LogP contribution < -0.4 is 15.8 Å². The summed E-state index contributed by atoms with van der Waals surface area (Å²) in [5.41, 5.74) is 6.35. The second kappa shape index (κ2) is 9.78. The smallest absolute Gasteiger partial charge is 0.310 e. The van der Waals surface area contributed by atoms with Crippen molar-refractivity contribution in [3.63, 3.8) is 0 Å². The first-order valence-electron chi connectivity index (χ1n) is 10.9. The van der Waals surface area contributed by atoms with Crippen molar-refractivity contribution < 1.29 is 14.5 Å². The van der Waals surface area contributed by atoms with Crippen molar-refractivity contribution in [3.05, 3.63) is 82.6 Å². The highest BCUT2D eigenvalue weighted by molar-refractivity contribution is 6.04. The number of hydrogen-bond acceptors (Lipinski definition) is 9. The fourth-order valence-electron chi connectivity index (χ4n) is 3.50. The number of nitro benzene ring substituents is 1. The van der Waals surface area contributed by atoms with E-state index in [9.17, 15) is 14.9 Å². The van der Waals surface area contributed by atoms with Gasteiger partial charge >= 0.3 is 5.69 Å². The van der Waals surface area contributed by atoms with Crippen molar-refractivity contribution in [1.29, 1.82) is 0 Å². The minimum absolute atomic E-state index is 0.00678. The Morgan fingerprint density at radius 2 is 1.97 bits per heavy atom. The molecule has 1 aromatic carbocycles. The third-order valence-corrected chi connectivity index (χ3v) is 5.11. The molecule has 0 fully saturated rings. The van der Waals surface area contributed by atoms with E-state index in [1.165, 1.54) is 36.8 Å². The van der Waals surface area contributed by atoms with E-state index in [2.05, 4.69) is 25.4 Å². The number of pyridine rings is 1. The van der Waals surface area contributed by atoms with Crippen LogP contribution in [-0.4, -0.2) is 35.6 Å². The number of nitrogens with one attached hydrogen (secondary N) is 1. The summed E-state index contributed by atoms with van der Waals surface area (Å²) in [6.45, 7) is 5.75. The standard InChI is InChI=1S/C24H24N8O4/c1-24(2,3)31-23(29-19-13-26-10-11-28-19)20(22(25)33)21(30-31)15-7-8-17(32(34)35)18(12-15)36-14-16-6-4-5-9-27-16/h4-13H,14H2,1-3H3,(H2,25,33)(H,28,29). The number of carbonyl (C=O) groups excluding carboxylic acids is 1. The van der Waals surface area contributed by atoms with Gasteiger partial charge in [0.1, 0.15) is 29.5 Å². The number of aromatic nitrogens is 5. The minimum Gasteiger partial charge on any atom is -0.480 e. The second-order valence-corrected chi connectivity index (χ2v) is 8.78. The first-order chi connectivity index (χ1) is 17.1. The Balaban J connectivity index is 1.83. The predicted molar refractivity (Wildman–Crippen MR) is 132 cm³/mol. The molecule has 3 aromatic heterocycles. The fourth-order valence-corrected chi connectivity index (χ4v) is 3.50. The van der Waals surface area contributed by atoms with Gasteiger partial charge in [0.05, 0.1) is 22.4 Å². The fraction of sp³-hybridized carbons (Fsp3) is 0.208. The Hall–Kier alpha value is -4.87. The van der Waals surface area contributed by atoms with Crippen LogP contribution in [0.2, 0.25) is 0 Å². The molecule has 1 amide bonds. The Bertz CT molecular complexity index is 1400. The van der Waals surface area contributed by atoms with Crippen molar-refractivity contribution >= 4 is 23.2 Å². The average Bonchev–Trinajstić information content (AvgIpc) is 3.24. The van der Waals surface area contributed by atoms with Crippen LogP contribution >= 0.6 is 0 Å². The van der Waals surface area contributed by atoms with Crippen molar-refractivity contribution in [1.82, 2.24) is 24.7 Å². The van der Waals surface area contributed by atoms with Gasteiger partial charge in [-0.3, -0.25) is 24.9 Å². The van der Waals surface area contributed by atoms with Gasteiger partial charge < -0.3 is 15.8 Å². The predicted octanol–water partition coefficient (Wildman–Crippen LogP) is 3.82. The monoisotopic (exact) mass is 488 g/mol. The molecule has 0 saturated carbocycles. The number of hydrogen-bond donors (Lipinski definition) is 2. The summed E-state index contributed by atoms with van der Waals surface area (Å²) in [5.74, 6) is -0.0200. The van der Waals surface area contributed by atoms with E-state index < -0.39 is 16.4 Å². The van der Waals surface area contributed by atoms with E-state index in [0.717, 1.165) is 0 Å². The summed E-state index contributed by atoms with van der Waals surface area (Å²) >= 11 is 0. The normalized spacial score (nSPS) is 11.2. The molecule has 3 N–H and O–H groups in total. The van der Waals surface area contributed by atoms with Crippen LogP contribution in [0.15, 0.2) is 61.2 Å². The van der Waals surface area contributed by atoms with Crippen LogP contribution in [-0.2, 0) is 12.1 Å². The van der Waals surface area contributed by atoms with E-state index in [0.29, 0.717) is 22.9 Å². The van der Waals surface area contributed by atoms with E-state index in [1.54, 1.807) is 29.1 Å². The van der Waals surface area contributed by atoms with Gasteiger partial charge in [0.2, 0.25) is 0 Å². The molecule has 0 saturated heterocycles. The number of primary amides is 1. The van der Waals surface area contributed by atoms with Crippen LogP contribution in [0, 0.1) is 10.1 Å². The number of amides is 1. The summed E-state index contributed by atoms with van der Waals surface area (Å²) in [6, 6.07) is 9.57. The van der Waals surface area contributed by atoms with Gasteiger partial charge in [-0.05, 0) is 45.0 Å². The maximum Gasteiger partial charge on any atom is 0.310 e. The third-order valence-electron chi connectivity index (χ3n) is 5.11. The molecule has 0 radical (unpaired) electrons. The highest BCUT2D eigenvalue weighted by Gasteiger charge is 2.30. The summed E-state index contributed by atoms with van der Waals surface area (Å²) < 4.78 is 7.38. The maximum absolute atomic E-state index is 12.7. The molecule has 184 valence electrons. The Morgan fingerprint density at radius 1 is 1.17 bits per heavy atom. The first-order valence-corrected chi connectivity index (χ1v) is 10.9. The Labute approximate surface area is 206 Å². The molecule has 0 aliphatic heterocycles. The van der Waals surface area contributed by atoms with Gasteiger partial charge in [-0.15, -0.1) is 0 Å². The second-order valence-electron chi connectivity index (χ2n) is 8.78. The molecule has 0 aliphatic carbocycles. The molecular formula is C24H24N8O4. The summed E-state index contributed by atoms with van der Waals surface area (Å²) in [5, 5.41) is 19.4. The van der Waals surface area contributed by atoms with Crippen LogP contribution in [0.3, 0.4) is 0 Å². The first kappa shape index (κ1) is 24.3. The van der Waals surface area contributed by atoms with E-state index in [1.807, 2.05) is 20.8 Å². The van der Waals surface area contributed by atoms with Crippen LogP contribution in [0.4, 0.5) is 17.3 Å². The molecule has 4 aromatic rings. The SMILES string of the molecule is CC(C)(C)n1nc(-c2ccc([N+](=O)[O-])c(OCc3ccccn3)c2)c(C(N)=O)c1Nc1cnccn1. The highest BCUT2D eigenvalue weighted by atomic mass is 16.6. The molecule has 0 atom stereocenters. The van der Waals surface area contributed by atoms with E-state index >= 15 is 0 Å². The third kappa shape index (κ3) is 5.12. The van der Waals surface area contributed by atoms with Gasteiger partial charge in [-0.25, -0.2) is 9.67 Å². The number of ether oxygens (including phenoxy) is 1. The lowest BCUT2D eigenvalue weighted by Crippen LogP contribution is -2.25. The molecule has 0 aliphatic rings. The van der Waals surface area contributed by atoms with Crippen molar-refractivity contribution in [3.8, 4) is 17.0 Å². The number of anilines is 2. The summed E-state index contributed by atoms with van der Waals surface area (Å²) in [4.78, 5) is 36.2. The molecule has 36 heavy (non-hydrogen) atoms. The number of benzene rings is 1. The van der Waals surface area contributed by atoms with Crippen molar-refractivity contribution in [2.24, 2.45) is 5.73 Å². The van der Waals surface area contributed by atoms with Crippen LogP contribution in [0.25, 0.3) is 11.3 Å². The van der Waals surface area contributed by atoms with Gasteiger partial charge in [0.25, 0.3) is 5.91 Å². The lowest BCUT2D eigenvalue weighted by Gasteiger charge is -2.22. The highest BCUT2D eigenvalue weighted by Crippen LogP contribution is 2.38.